The van der Waals surface area contributed by atoms with Gasteiger partial charge in [-0.2, -0.15) is 0 Å². The number of nitrogens with two attached hydrogens (primary N) is 1. The fourth-order valence-corrected chi connectivity index (χ4v) is 1.71. The van der Waals surface area contributed by atoms with E-state index >= 15 is 0 Å². The second kappa shape index (κ2) is 6.41. The van der Waals surface area contributed by atoms with Gasteiger partial charge in [0.1, 0.15) is 11.8 Å². The molecule has 0 spiro atoms. The van der Waals surface area contributed by atoms with E-state index in [-0.39, 0.29) is 17.9 Å². The van der Waals surface area contributed by atoms with Crippen molar-refractivity contribution < 1.29 is 14.3 Å². The molecule has 3 N–H and O–H groups in total. The monoisotopic (exact) mass is 278 g/mol. The van der Waals surface area contributed by atoms with Crippen LogP contribution in [-0.4, -0.2) is 24.5 Å². The Labute approximate surface area is 119 Å². The quantitative estimate of drug-likeness (QED) is 0.853. The summed E-state index contributed by atoms with van der Waals surface area (Å²) in [5, 5.41) is 2.47. The molecule has 0 aliphatic heterocycles. The molecule has 2 amide bonds. The summed E-state index contributed by atoms with van der Waals surface area (Å²) < 4.78 is 5.54. The number of rotatable bonds is 5. The van der Waals surface area contributed by atoms with Crippen LogP contribution in [0.5, 0.6) is 5.75 Å². The molecule has 5 nitrogen and oxygen atoms in total. The van der Waals surface area contributed by atoms with Gasteiger partial charge >= 0.3 is 0 Å². The number of para-hydroxylation sites is 1. The van der Waals surface area contributed by atoms with Crippen LogP contribution in [0, 0.1) is 0 Å². The molecular weight excluding hydrogens is 256 g/mol. The number of amides is 2. The summed E-state index contributed by atoms with van der Waals surface area (Å²) >= 11 is 0. The lowest BCUT2D eigenvalue weighted by atomic mass is 9.86. The Hall–Kier alpha value is -2.04. The minimum absolute atomic E-state index is 0.0758. The summed E-state index contributed by atoms with van der Waals surface area (Å²) in [7, 11) is 0. The average molecular weight is 278 g/mol. The minimum atomic E-state index is -0.705. The molecule has 1 atom stereocenters. The van der Waals surface area contributed by atoms with E-state index in [1.807, 2.05) is 24.3 Å². The van der Waals surface area contributed by atoms with Crippen molar-refractivity contribution in [2.45, 2.75) is 39.2 Å². The highest BCUT2D eigenvalue weighted by molar-refractivity contribution is 5.86. The lowest BCUT2D eigenvalue weighted by molar-refractivity contribution is -0.128. The molecule has 0 saturated carbocycles. The van der Waals surface area contributed by atoms with Gasteiger partial charge in [0, 0.05) is 0 Å². The van der Waals surface area contributed by atoms with Gasteiger partial charge in [-0.3, -0.25) is 9.59 Å². The number of carbonyl (C=O) groups is 2. The number of nitrogens with one attached hydrogen (secondary N) is 1. The molecule has 0 bridgehead atoms. The van der Waals surface area contributed by atoms with Crippen molar-refractivity contribution in [3.63, 3.8) is 0 Å². The highest BCUT2D eigenvalue weighted by Crippen LogP contribution is 2.30. The summed E-state index contributed by atoms with van der Waals surface area (Å²) in [4.78, 5) is 22.5. The predicted molar refractivity (Wildman–Crippen MR) is 77.4 cm³/mol. The van der Waals surface area contributed by atoms with Gasteiger partial charge in [0.15, 0.2) is 6.61 Å². The SMILES string of the molecule is CC(NC(=O)COc1ccccc1C(C)(C)C)C(N)=O. The van der Waals surface area contributed by atoms with Gasteiger partial charge in [-0.05, 0) is 24.0 Å². The van der Waals surface area contributed by atoms with E-state index in [0.717, 1.165) is 5.56 Å². The highest BCUT2D eigenvalue weighted by Gasteiger charge is 2.19. The Kier molecular flexibility index (Phi) is 5.13. The molecule has 1 aromatic carbocycles. The number of primary amides is 1. The molecule has 1 aromatic rings. The van der Waals surface area contributed by atoms with E-state index in [9.17, 15) is 9.59 Å². The zero-order chi connectivity index (χ0) is 15.3. The number of benzene rings is 1. The summed E-state index contributed by atoms with van der Waals surface area (Å²) in [6.07, 6.45) is 0. The van der Waals surface area contributed by atoms with E-state index < -0.39 is 11.9 Å². The predicted octanol–water partition coefficient (Wildman–Crippen LogP) is 1.35. The lowest BCUT2D eigenvalue weighted by Gasteiger charge is -2.22. The number of carbonyl (C=O) groups excluding carboxylic acids is 2. The Morgan fingerprint density at radius 2 is 1.90 bits per heavy atom. The molecule has 20 heavy (non-hydrogen) atoms. The standard InChI is InChI=1S/C15H22N2O3/c1-10(14(16)19)17-13(18)9-20-12-8-6-5-7-11(12)15(2,3)4/h5-8,10H,9H2,1-4H3,(H2,16,19)(H,17,18). The lowest BCUT2D eigenvalue weighted by Crippen LogP contribution is -2.44. The Morgan fingerprint density at radius 3 is 2.45 bits per heavy atom. The smallest absolute Gasteiger partial charge is 0.258 e. The second-order valence-corrected chi connectivity index (χ2v) is 5.73. The van der Waals surface area contributed by atoms with Crippen LogP contribution in [0.3, 0.4) is 0 Å². The van der Waals surface area contributed by atoms with Crippen molar-refractivity contribution in [3.05, 3.63) is 29.8 Å². The van der Waals surface area contributed by atoms with E-state index in [4.69, 9.17) is 10.5 Å². The summed E-state index contributed by atoms with van der Waals surface area (Å²) in [6, 6.07) is 6.88. The largest absolute Gasteiger partial charge is 0.483 e. The third kappa shape index (κ3) is 4.57. The van der Waals surface area contributed by atoms with E-state index in [2.05, 4.69) is 26.1 Å². The van der Waals surface area contributed by atoms with Crippen molar-refractivity contribution in [2.24, 2.45) is 5.73 Å². The Morgan fingerprint density at radius 1 is 1.30 bits per heavy atom. The number of ether oxygens (including phenoxy) is 1. The average Bonchev–Trinajstić information content (AvgIpc) is 2.35. The number of hydrogen-bond donors (Lipinski definition) is 2. The van der Waals surface area contributed by atoms with Crippen molar-refractivity contribution in [2.75, 3.05) is 6.61 Å². The number of hydrogen-bond acceptors (Lipinski definition) is 3. The van der Waals surface area contributed by atoms with Gasteiger partial charge in [-0.1, -0.05) is 39.0 Å². The molecular formula is C15H22N2O3. The van der Waals surface area contributed by atoms with Crippen molar-refractivity contribution in [3.8, 4) is 5.75 Å². The van der Waals surface area contributed by atoms with Crippen molar-refractivity contribution in [1.82, 2.24) is 5.32 Å². The normalized spacial score (nSPS) is 12.6. The Balaban J connectivity index is 2.67. The van der Waals surface area contributed by atoms with E-state index in [0.29, 0.717) is 5.75 Å². The maximum atomic E-state index is 11.6. The molecule has 0 aliphatic rings. The van der Waals surface area contributed by atoms with Crippen LogP contribution in [0.15, 0.2) is 24.3 Å². The summed E-state index contributed by atoms with van der Waals surface area (Å²) in [5.41, 5.74) is 6.03. The zero-order valence-corrected chi connectivity index (χ0v) is 12.4. The summed E-state index contributed by atoms with van der Waals surface area (Å²) in [6.45, 7) is 7.60. The molecule has 0 radical (unpaired) electrons. The topological polar surface area (TPSA) is 81.4 Å². The van der Waals surface area contributed by atoms with E-state index in [1.54, 1.807) is 0 Å². The zero-order valence-electron chi connectivity index (χ0n) is 12.4. The first kappa shape index (κ1) is 16.0. The fourth-order valence-electron chi connectivity index (χ4n) is 1.71. The molecule has 0 aliphatic carbocycles. The second-order valence-electron chi connectivity index (χ2n) is 5.73. The first-order valence-electron chi connectivity index (χ1n) is 6.53. The minimum Gasteiger partial charge on any atom is -0.483 e. The van der Waals surface area contributed by atoms with Gasteiger partial charge in [0.05, 0.1) is 0 Å². The molecule has 0 saturated heterocycles. The van der Waals surface area contributed by atoms with Crippen LogP contribution >= 0.6 is 0 Å². The van der Waals surface area contributed by atoms with Gasteiger partial charge in [-0.25, -0.2) is 0 Å². The van der Waals surface area contributed by atoms with Crippen LogP contribution in [0.2, 0.25) is 0 Å². The van der Waals surface area contributed by atoms with Gasteiger partial charge in [0.25, 0.3) is 5.91 Å². The molecule has 110 valence electrons. The van der Waals surface area contributed by atoms with E-state index in [1.165, 1.54) is 6.92 Å². The van der Waals surface area contributed by atoms with Crippen LogP contribution in [0.25, 0.3) is 0 Å². The molecule has 0 heterocycles. The third-order valence-corrected chi connectivity index (χ3v) is 2.86. The van der Waals surface area contributed by atoms with Crippen LogP contribution < -0.4 is 15.8 Å². The first-order valence-corrected chi connectivity index (χ1v) is 6.53. The van der Waals surface area contributed by atoms with Crippen molar-refractivity contribution in [1.29, 1.82) is 0 Å². The molecule has 5 heteroatoms. The first-order chi connectivity index (χ1) is 9.21. The van der Waals surface area contributed by atoms with Gasteiger partial charge in [0.2, 0.25) is 5.91 Å². The Bertz CT molecular complexity index is 492. The molecule has 1 rings (SSSR count). The maximum absolute atomic E-state index is 11.6. The van der Waals surface area contributed by atoms with Gasteiger partial charge in [-0.15, -0.1) is 0 Å². The van der Waals surface area contributed by atoms with Crippen LogP contribution in [-0.2, 0) is 15.0 Å². The van der Waals surface area contributed by atoms with Crippen LogP contribution in [0.4, 0.5) is 0 Å². The molecule has 0 fully saturated rings. The van der Waals surface area contributed by atoms with Gasteiger partial charge < -0.3 is 15.8 Å². The van der Waals surface area contributed by atoms with Crippen molar-refractivity contribution >= 4 is 11.8 Å². The molecule has 1 unspecified atom stereocenters. The fraction of sp³-hybridized carbons (Fsp3) is 0.467. The molecule has 0 aromatic heterocycles. The highest BCUT2D eigenvalue weighted by atomic mass is 16.5. The summed E-state index contributed by atoms with van der Waals surface area (Å²) in [5.74, 6) is -0.282. The maximum Gasteiger partial charge on any atom is 0.258 e. The third-order valence-electron chi connectivity index (χ3n) is 2.86. The van der Waals surface area contributed by atoms with Crippen LogP contribution in [0.1, 0.15) is 33.3 Å².